The van der Waals surface area contributed by atoms with E-state index in [1.54, 1.807) is 12.1 Å². The molecule has 0 N–H and O–H groups in total. The Hall–Kier alpha value is -5.67. The van der Waals surface area contributed by atoms with Gasteiger partial charge in [0.2, 0.25) is 0 Å². The van der Waals surface area contributed by atoms with Gasteiger partial charge in [-0.2, -0.15) is 0 Å². The Bertz CT molecular complexity index is 1880. The number of hydrogen-bond donors (Lipinski definition) is 0. The van der Waals surface area contributed by atoms with E-state index in [4.69, 9.17) is 0 Å². The maximum Gasteiger partial charge on any atom is 0.123 e. The molecule has 6 aromatic carbocycles. The molecule has 6 aromatic rings. The summed E-state index contributed by atoms with van der Waals surface area (Å²) < 4.78 is 14.6. The number of hydrogen-bond acceptors (Lipinski definition) is 2. The number of para-hydroxylation sites is 4. The van der Waals surface area contributed by atoms with Crippen molar-refractivity contribution in [3.8, 4) is 11.1 Å². The Labute approximate surface area is 250 Å². The molecule has 0 spiro atoms. The number of halogens is 1. The van der Waals surface area contributed by atoms with Gasteiger partial charge in [-0.1, -0.05) is 98.1 Å². The molecule has 0 unspecified atom stereocenters. The third-order valence-electron chi connectivity index (χ3n) is 8.46. The highest BCUT2D eigenvalue weighted by atomic mass is 19.1. The highest BCUT2D eigenvalue weighted by Gasteiger charge is 2.30. The smallest absolute Gasteiger partial charge is 0.123 e. The molecular formula is C40H27FN2. The monoisotopic (exact) mass is 554 g/mol. The van der Waals surface area contributed by atoms with Crippen molar-refractivity contribution in [2.24, 2.45) is 0 Å². The predicted octanol–water partition coefficient (Wildman–Crippen LogP) is 11.2. The minimum absolute atomic E-state index is 0.264. The largest absolute Gasteiger partial charge is 0.309 e. The minimum atomic E-state index is -0.264. The Morgan fingerprint density at radius 1 is 0.395 bits per heavy atom. The fourth-order valence-corrected chi connectivity index (χ4v) is 6.49. The third-order valence-corrected chi connectivity index (χ3v) is 8.46. The van der Waals surface area contributed by atoms with Gasteiger partial charge in [-0.15, -0.1) is 0 Å². The summed E-state index contributed by atoms with van der Waals surface area (Å²) >= 11 is 0. The number of rotatable bonds is 3. The van der Waals surface area contributed by atoms with E-state index >= 15 is 0 Å². The van der Waals surface area contributed by atoms with Crippen LogP contribution < -0.4 is 9.80 Å². The zero-order valence-corrected chi connectivity index (χ0v) is 23.5. The summed E-state index contributed by atoms with van der Waals surface area (Å²) in [7, 11) is 0. The summed E-state index contributed by atoms with van der Waals surface area (Å²) in [6.07, 6.45) is 0. The van der Waals surface area contributed by atoms with Crippen LogP contribution in [0.25, 0.3) is 22.3 Å². The molecule has 2 heterocycles. The number of fused-ring (bicyclic) bond motifs is 4. The van der Waals surface area contributed by atoms with Gasteiger partial charge >= 0.3 is 0 Å². The number of benzene rings is 6. The summed E-state index contributed by atoms with van der Waals surface area (Å²) in [6, 6.07) is 46.9. The lowest BCUT2D eigenvalue weighted by Crippen LogP contribution is -2.20. The van der Waals surface area contributed by atoms with Crippen LogP contribution in [0.4, 0.5) is 38.5 Å². The van der Waals surface area contributed by atoms with Crippen molar-refractivity contribution in [1.82, 2.24) is 0 Å². The molecule has 0 atom stereocenters. The summed E-state index contributed by atoms with van der Waals surface area (Å²) in [5, 5.41) is 0. The molecule has 0 aromatic heterocycles. The first-order chi connectivity index (χ1) is 21.1. The van der Waals surface area contributed by atoms with Gasteiger partial charge in [-0.3, -0.25) is 0 Å². The maximum absolute atomic E-state index is 14.6. The van der Waals surface area contributed by atoms with Crippen molar-refractivity contribution >= 4 is 45.3 Å². The zero-order valence-electron chi connectivity index (χ0n) is 23.5. The second-order valence-corrected chi connectivity index (χ2v) is 10.9. The van der Waals surface area contributed by atoms with Crippen LogP contribution in [0.3, 0.4) is 0 Å². The molecule has 2 aliphatic heterocycles. The standard InChI is InChI=1S/C40H27FN2/c1-26-33-14-3-7-18-37(33)42(38-19-8-4-15-34(26)38)31-23-29(28-12-11-13-30(41)22-28)24-32(25-31)43-39-20-9-5-16-35(39)27(2)36-17-6-10-21-40(36)43/h3-25H,1-2H2. The van der Waals surface area contributed by atoms with Crippen LogP contribution in [0.2, 0.25) is 0 Å². The number of anilines is 6. The summed E-state index contributed by atoms with van der Waals surface area (Å²) in [5.41, 5.74) is 14.3. The lowest BCUT2D eigenvalue weighted by atomic mass is 9.89. The van der Waals surface area contributed by atoms with Crippen molar-refractivity contribution in [3.63, 3.8) is 0 Å². The van der Waals surface area contributed by atoms with E-state index in [1.165, 1.54) is 6.07 Å². The molecule has 2 nitrogen and oxygen atoms in total. The molecule has 0 saturated carbocycles. The fraction of sp³-hybridized carbons (Fsp3) is 0. The van der Waals surface area contributed by atoms with Gasteiger partial charge in [-0.25, -0.2) is 4.39 Å². The first-order valence-corrected chi connectivity index (χ1v) is 14.4. The highest BCUT2D eigenvalue weighted by molar-refractivity contribution is 6.03. The second kappa shape index (κ2) is 9.71. The first kappa shape index (κ1) is 25.1. The Balaban J connectivity index is 1.43. The Morgan fingerprint density at radius 3 is 1.19 bits per heavy atom. The lowest BCUT2D eigenvalue weighted by molar-refractivity contribution is 0.628. The Morgan fingerprint density at radius 2 is 0.791 bits per heavy atom. The van der Waals surface area contributed by atoms with Crippen molar-refractivity contribution < 1.29 is 4.39 Å². The van der Waals surface area contributed by atoms with Gasteiger partial charge in [0.25, 0.3) is 0 Å². The van der Waals surface area contributed by atoms with E-state index in [9.17, 15) is 4.39 Å². The summed E-state index contributed by atoms with van der Waals surface area (Å²) in [6.45, 7) is 8.93. The Kier molecular flexibility index (Phi) is 5.66. The molecule has 0 aliphatic carbocycles. The lowest BCUT2D eigenvalue weighted by Gasteiger charge is -2.37. The van der Waals surface area contributed by atoms with Crippen LogP contribution in [0.5, 0.6) is 0 Å². The summed E-state index contributed by atoms with van der Waals surface area (Å²) in [5.74, 6) is -0.264. The first-order valence-electron chi connectivity index (χ1n) is 14.4. The van der Waals surface area contributed by atoms with Crippen LogP contribution in [0, 0.1) is 5.82 Å². The normalized spacial score (nSPS) is 13.2. The van der Waals surface area contributed by atoms with Gasteiger partial charge in [0.1, 0.15) is 5.82 Å². The molecule has 0 saturated heterocycles. The predicted molar refractivity (Wildman–Crippen MR) is 177 cm³/mol. The van der Waals surface area contributed by atoms with Gasteiger partial charge in [0, 0.05) is 33.6 Å². The van der Waals surface area contributed by atoms with E-state index in [0.29, 0.717) is 0 Å². The van der Waals surface area contributed by atoms with Gasteiger partial charge in [0.15, 0.2) is 0 Å². The molecule has 0 fully saturated rings. The van der Waals surface area contributed by atoms with Gasteiger partial charge in [-0.05, 0) is 76.9 Å². The van der Waals surface area contributed by atoms with Crippen molar-refractivity contribution in [3.05, 3.63) is 181 Å². The average molecular weight is 555 g/mol. The molecule has 0 radical (unpaired) electrons. The van der Waals surface area contributed by atoms with Crippen LogP contribution in [-0.4, -0.2) is 0 Å². The molecule has 43 heavy (non-hydrogen) atoms. The average Bonchev–Trinajstić information content (AvgIpc) is 3.05. The molecule has 0 bridgehead atoms. The van der Waals surface area contributed by atoms with Crippen LogP contribution in [-0.2, 0) is 0 Å². The quantitative estimate of drug-likeness (QED) is 0.214. The highest BCUT2D eigenvalue weighted by Crippen LogP contribution is 2.52. The van der Waals surface area contributed by atoms with Crippen molar-refractivity contribution in [1.29, 1.82) is 0 Å². The van der Waals surface area contributed by atoms with E-state index in [0.717, 1.165) is 78.7 Å². The van der Waals surface area contributed by atoms with Crippen LogP contribution in [0.1, 0.15) is 22.3 Å². The third kappa shape index (κ3) is 3.93. The van der Waals surface area contributed by atoms with Gasteiger partial charge in [0.05, 0.1) is 22.7 Å². The van der Waals surface area contributed by atoms with E-state index in [2.05, 4.69) is 138 Å². The second-order valence-electron chi connectivity index (χ2n) is 10.9. The van der Waals surface area contributed by atoms with Gasteiger partial charge < -0.3 is 9.80 Å². The van der Waals surface area contributed by atoms with Crippen LogP contribution in [0.15, 0.2) is 153 Å². The summed E-state index contributed by atoms with van der Waals surface area (Å²) in [4.78, 5) is 4.60. The topological polar surface area (TPSA) is 6.48 Å². The molecular weight excluding hydrogens is 527 g/mol. The molecule has 3 heteroatoms. The van der Waals surface area contributed by atoms with Crippen LogP contribution >= 0.6 is 0 Å². The van der Waals surface area contributed by atoms with E-state index < -0.39 is 0 Å². The minimum Gasteiger partial charge on any atom is -0.309 e. The van der Waals surface area contributed by atoms with Crippen molar-refractivity contribution in [2.45, 2.75) is 0 Å². The zero-order chi connectivity index (χ0) is 29.1. The van der Waals surface area contributed by atoms with Crippen molar-refractivity contribution in [2.75, 3.05) is 9.80 Å². The molecule has 204 valence electrons. The fourth-order valence-electron chi connectivity index (χ4n) is 6.49. The molecule has 0 amide bonds. The number of nitrogens with zero attached hydrogens (tertiary/aromatic N) is 2. The maximum atomic E-state index is 14.6. The van der Waals surface area contributed by atoms with E-state index in [-0.39, 0.29) is 5.82 Å². The molecule has 8 rings (SSSR count). The SMILES string of the molecule is C=C1c2ccccc2N(c2cc(-c3cccc(F)c3)cc(N3c4ccccc4C(=C)c4ccccc43)c2)c2ccccc21. The van der Waals surface area contributed by atoms with E-state index in [1.807, 2.05) is 6.07 Å². The molecule has 2 aliphatic rings.